The number of nitrogens with one attached hydrogen (secondary N) is 2. The monoisotopic (exact) mass is 433 g/mol. The van der Waals surface area contributed by atoms with E-state index in [4.69, 9.17) is 0 Å². The van der Waals surface area contributed by atoms with Gasteiger partial charge in [-0.1, -0.05) is 26.0 Å². The Balaban J connectivity index is 1.99. The van der Waals surface area contributed by atoms with Crippen LogP contribution in [0.3, 0.4) is 0 Å². The number of alkyl halides is 3. The average molecular weight is 433 g/mol. The van der Waals surface area contributed by atoms with Crippen LogP contribution in [0.4, 0.5) is 30.6 Å². The van der Waals surface area contributed by atoms with Crippen LogP contribution in [0.15, 0.2) is 54.9 Å². The summed E-state index contributed by atoms with van der Waals surface area (Å²) in [4.78, 5) is 12.8. The van der Waals surface area contributed by atoms with Gasteiger partial charge in [0.2, 0.25) is 5.95 Å². The molecule has 0 bridgehead atoms. The third kappa shape index (κ3) is 6.29. The van der Waals surface area contributed by atoms with Crippen molar-refractivity contribution in [2.75, 3.05) is 17.2 Å². The van der Waals surface area contributed by atoms with Crippen molar-refractivity contribution in [3.63, 3.8) is 0 Å². The Morgan fingerprint density at radius 2 is 1.77 bits per heavy atom. The summed E-state index contributed by atoms with van der Waals surface area (Å²) in [6, 6.07) is 10.5. The molecule has 31 heavy (non-hydrogen) atoms. The Morgan fingerprint density at radius 3 is 2.42 bits per heavy atom. The lowest BCUT2D eigenvalue weighted by atomic mass is 10.1. The number of aliphatic hydroxyl groups is 1. The first-order valence-corrected chi connectivity index (χ1v) is 9.54. The normalized spacial score (nSPS) is 12.5. The molecule has 1 atom stereocenters. The zero-order chi connectivity index (χ0) is 22.4. The summed E-state index contributed by atoms with van der Waals surface area (Å²) in [6.07, 6.45) is -1.62. The van der Waals surface area contributed by atoms with E-state index in [1.54, 1.807) is 36.7 Å². The molecule has 1 aromatic carbocycles. The molecule has 0 aliphatic heterocycles. The SMILES string of the molecule is CC(C)[C@H](CO)Nc1nc(Nc2ccccc2OC(F)(F)F)cc(-c2ccncc2)n1. The van der Waals surface area contributed by atoms with Crippen LogP contribution in [-0.2, 0) is 0 Å². The van der Waals surface area contributed by atoms with Gasteiger partial charge in [-0.3, -0.25) is 4.98 Å². The molecule has 7 nitrogen and oxygen atoms in total. The molecule has 0 radical (unpaired) electrons. The molecule has 0 unspecified atom stereocenters. The number of hydrogen-bond donors (Lipinski definition) is 3. The van der Waals surface area contributed by atoms with Crippen molar-refractivity contribution in [1.82, 2.24) is 15.0 Å². The van der Waals surface area contributed by atoms with Crippen molar-refractivity contribution < 1.29 is 23.0 Å². The van der Waals surface area contributed by atoms with Crippen LogP contribution in [0.5, 0.6) is 5.75 Å². The minimum absolute atomic E-state index is 0.0905. The highest BCUT2D eigenvalue weighted by atomic mass is 19.4. The van der Waals surface area contributed by atoms with Gasteiger partial charge in [-0.2, -0.15) is 4.98 Å². The highest BCUT2D eigenvalue weighted by Crippen LogP contribution is 2.32. The molecule has 3 N–H and O–H groups in total. The fraction of sp³-hybridized carbons (Fsp3) is 0.286. The number of hydrogen-bond acceptors (Lipinski definition) is 7. The van der Waals surface area contributed by atoms with E-state index in [0.717, 1.165) is 5.56 Å². The van der Waals surface area contributed by atoms with E-state index in [2.05, 4.69) is 30.3 Å². The number of aromatic nitrogens is 3. The fourth-order valence-electron chi connectivity index (χ4n) is 2.76. The molecular formula is C21H22F3N5O2. The minimum Gasteiger partial charge on any atom is -0.404 e. The van der Waals surface area contributed by atoms with E-state index in [9.17, 15) is 18.3 Å². The van der Waals surface area contributed by atoms with Gasteiger partial charge >= 0.3 is 6.36 Å². The summed E-state index contributed by atoms with van der Waals surface area (Å²) >= 11 is 0. The summed E-state index contributed by atoms with van der Waals surface area (Å²) < 4.78 is 42.4. The Bertz CT molecular complexity index is 1000. The van der Waals surface area contributed by atoms with Crippen molar-refractivity contribution in [2.24, 2.45) is 5.92 Å². The van der Waals surface area contributed by atoms with Gasteiger partial charge in [-0.25, -0.2) is 4.98 Å². The van der Waals surface area contributed by atoms with Crippen LogP contribution in [0.2, 0.25) is 0 Å². The van der Waals surface area contributed by atoms with Crippen molar-refractivity contribution in [2.45, 2.75) is 26.3 Å². The zero-order valence-corrected chi connectivity index (χ0v) is 16.9. The van der Waals surface area contributed by atoms with Gasteiger partial charge in [-0.15, -0.1) is 13.2 Å². The maximum absolute atomic E-state index is 12.8. The molecule has 3 rings (SSSR count). The second kappa shape index (κ2) is 9.61. The second-order valence-electron chi connectivity index (χ2n) is 7.04. The largest absolute Gasteiger partial charge is 0.573 e. The van der Waals surface area contributed by atoms with Crippen LogP contribution in [0.25, 0.3) is 11.3 Å². The standard InChI is InChI=1S/C21H22F3N5O2/c1-13(2)17(12-30)28-20-27-16(14-7-9-25-10-8-14)11-19(29-20)26-15-5-3-4-6-18(15)31-21(22,23)24/h3-11,13,17,30H,12H2,1-2H3,(H2,26,27,28,29)/t17-/m0/s1. The fourth-order valence-corrected chi connectivity index (χ4v) is 2.76. The van der Waals surface area contributed by atoms with Crippen LogP contribution in [0.1, 0.15) is 13.8 Å². The molecule has 0 saturated carbocycles. The van der Waals surface area contributed by atoms with Crippen LogP contribution >= 0.6 is 0 Å². The molecule has 3 aromatic rings. The Kier molecular flexibility index (Phi) is 6.91. The second-order valence-corrected chi connectivity index (χ2v) is 7.04. The molecule has 0 saturated heterocycles. The third-order valence-electron chi connectivity index (χ3n) is 4.39. The molecule has 0 aliphatic rings. The molecule has 2 heterocycles. The van der Waals surface area contributed by atoms with Crippen LogP contribution < -0.4 is 15.4 Å². The maximum Gasteiger partial charge on any atom is 0.573 e. The predicted octanol–water partition coefficient (Wildman–Crippen LogP) is 4.61. The summed E-state index contributed by atoms with van der Waals surface area (Å²) in [6.45, 7) is 3.74. The highest BCUT2D eigenvalue weighted by molar-refractivity contribution is 5.69. The number of anilines is 3. The number of rotatable bonds is 8. The zero-order valence-electron chi connectivity index (χ0n) is 16.9. The van der Waals surface area contributed by atoms with Gasteiger partial charge in [0.1, 0.15) is 5.82 Å². The number of aliphatic hydroxyl groups excluding tert-OH is 1. The first-order valence-electron chi connectivity index (χ1n) is 9.54. The number of nitrogens with zero attached hydrogens (tertiary/aromatic N) is 3. The van der Waals surface area contributed by atoms with E-state index in [1.807, 2.05) is 13.8 Å². The number of benzene rings is 1. The number of ether oxygens (including phenoxy) is 1. The average Bonchev–Trinajstić information content (AvgIpc) is 2.73. The van der Waals surface area contributed by atoms with E-state index >= 15 is 0 Å². The quantitative estimate of drug-likeness (QED) is 0.478. The Hall–Kier alpha value is -3.40. The van der Waals surface area contributed by atoms with Gasteiger partial charge in [-0.05, 0) is 30.2 Å². The summed E-state index contributed by atoms with van der Waals surface area (Å²) in [5, 5.41) is 15.6. The molecule has 0 amide bonds. The lowest BCUT2D eigenvalue weighted by Crippen LogP contribution is -2.30. The van der Waals surface area contributed by atoms with Crippen LogP contribution in [0, 0.1) is 5.92 Å². The summed E-state index contributed by atoms with van der Waals surface area (Å²) in [7, 11) is 0. The van der Waals surface area contributed by atoms with E-state index in [-0.39, 0.29) is 41.8 Å². The van der Waals surface area contributed by atoms with Crippen LogP contribution in [-0.4, -0.2) is 39.1 Å². The van der Waals surface area contributed by atoms with Crippen molar-refractivity contribution in [3.8, 4) is 17.0 Å². The molecule has 10 heteroatoms. The molecule has 0 fully saturated rings. The minimum atomic E-state index is -4.83. The van der Waals surface area contributed by atoms with Gasteiger partial charge in [0, 0.05) is 24.0 Å². The van der Waals surface area contributed by atoms with Crippen molar-refractivity contribution >= 4 is 17.5 Å². The number of pyridine rings is 1. The third-order valence-corrected chi connectivity index (χ3v) is 4.39. The molecule has 0 aliphatic carbocycles. The smallest absolute Gasteiger partial charge is 0.404 e. The summed E-state index contributed by atoms with van der Waals surface area (Å²) in [5.74, 6) is 0.182. The molecular weight excluding hydrogens is 411 g/mol. The number of halogens is 3. The lowest BCUT2D eigenvalue weighted by molar-refractivity contribution is -0.274. The summed E-state index contributed by atoms with van der Waals surface area (Å²) in [5.41, 5.74) is 1.36. The van der Waals surface area contributed by atoms with Crippen molar-refractivity contribution in [1.29, 1.82) is 0 Å². The Labute approximate surface area is 177 Å². The topological polar surface area (TPSA) is 92.2 Å². The van der Waals surface area contributed by atoms with Crippen molar-refractivity contribution in [3.05, 3.63) is 54.9 Å². The van der Waals surface area contributed by atoms with Gasteiger partial charge < -0.3 is 20.5 Å². The molecule has 0 spiro atoms. The number of para-hydroxylation sites is 2. The Morgan fingerprint density at radius 1 is 1.06 bits per heavy atom. The predicted molar refractivity (Wildman–Crippen MR) is 111 cm³/mol. The molecule has 164 valence electrons. The lowest BCUT2D eigenvalue weighted by Gasteiger charge is -2.21. The van der Waals surface area contributed by atoms with Gasteiger partial charge in [0.05, 0.1) is 24.0 Å². The first-order chi connectivity index (χ1) is 14.7. The maximum atomic E-state index is 12.8. The van der Waals surface area contributed by atoms with E-state index in [1.165, 1.54) is 18.2 Å². The molecule has 2 aromatic heterocycles. The first kappa shape index (κ1) is 22.3. The van der Waals surface area contributed by atoms with E-state index < -0.39 is 6.36 Å². The highest BCUT2D eigenvalue weighted by Gasteiger charge is 2.32. The van der Waals surface area contributed by atoms with Gasteiger partial charge in [0.25, 0.3) is 0 Å². The van der Waals surface area contributed by atoms with Gasteiger partial charge in [0.15, 0.2) is 5.75 Å². The van der Waals surface area contributed by atoms with E-state index in [0.29, 0.717) is 5.69 Å².